The Morgan fingerprint density at radius 3 is 2.76 bits per heavy atom. The lowest BCUT2D eigenvalue weighted by Crippen LogP contribution is -2.26. The van der Waals surface area contributed by atoms with Crippen LogP contribution in [0.25, 0.3) is 10.2 Å². The number of fused-ring (bicyclic) bond motifs is 2. The Labute approximate surface area is 169 Å². The molecule has 2 aromatic heterocycles. The van der Waals surface area contributed by atoms with Gasteiger partial charge in [0.1, 0.15) is 19.0 Å². The zero-order valence-electron chi connectivity index (χ0n) is 15.1. The van der Waals surface area contributed by atoms with Crippen LogP contribution in [0.5, 0.6) is 11.5 Å². The first kappa shape index (κ1) is 17.4. The Bertz CT molecular complexity index is 1170. The topological polar surface area (TPSA) is 77.2 Å². The molecule has 0 fully saturated rings. The van der Waals surface area contributed by atoms with Crippen molar-refractivity contribution in [3.05, 3.63) is 72.2 Å². The van der Waals surface area contributed by atoms with Crippen LogP contribution in [0, 0.1) is 0 Å². The van der Waals surface area contributed by atoms with E-state index >= 15 is 0 Å². The molecule has 8 heteroatoms. The van der Waals surface area contributed by atoms with E-state index in [-0.39, 0.29) is 5.91 Å². The van der Waals surface area contributed by atoms with Crippen molar-refractivity contribution in [2.24, 2.45) is 5.10 Å². The molecule has 0 saturated heterocycles. The second-order valence-electron chi connectivity index (χ2n) is 6.20. The van der Waals surface area contributed by atoms with Crippen LogP contribution >= 0.6 is 11.3 Å². The summed E-state index contributed by atoms with van der Waals surface area (Å²) in [5.74, 6) is 1.37. The number of rotatable bonds is 4. The molecule has 0 unspecified atom stereocenters. The molecule has 144 valence electrons. The fourth-order valence-corrected chi connectivity index (χ4v) is 3.84. The predicted octanol–water partition coefficient (Wildman–Crippen LogP) is 4.34. The molecular formula is C21H15N3O4S. The van der Waals surface area contributed by atoms with Crippen LogP contribution in [0.1, 0.15) is 16.1 Å². The van der Waals surface area contributed by atoms with Crippen LogP contribution in [0.15, 0.2) is 70.4 Å². The number of aromatic nitrogens is 1. The summed E-state index contributed by atoms with van der Waals surface area (Å²) < 4.78 is 17.4. The molecule has 0 atom stereocenters. The molecular weight excluding hydrogens is 390 g/mol. The minimum atomic E-state index is -0.330. The van der Waals surface area contributed by atoms with E-state index in [9.17, 15) is 4.79 Å². The van der Waals surface area contributed by atoms with Crippen LogP contribution < -0.4 is 14.5 Å². The summed E-state index contributed by atoms with van der Waals surface area (Å²) in [6.45, 7) is 0.939. The van der Waals surface area contributed by atoms with Gasteiger partial charge in [-0.15, -0.1) is 0 Å². The SMILES string of the molecule is O=C(c1ccc2c(c1)OCCO2)N(/N=C\c1ccco1)c1nc2ccccc2s1. The molecule has 3 heterocycles. The molecule has 2 aromatic carbocycles. The molecule has 0 N–H and O–H groups in total. The highest BCUT2D eigenvalue weighted by Crippen LogP contribution is 2.33. The van der Waals surface area contributed by atoms with Crippen molar-refractivity contribution in [1.29, 1.82) is 0 Å². The van der Waals surface area contributed by atoms with Gasteiger partial charge in [-0.2, -0.15) is 10.1 Å². The van der Waals surface area contributed by atoms with E-state index in [2.05, 4.69) is 10.1 Å². The summed E-state index contributed by atoms with van der Waals surface area (Å²) in [5.41, 5.74) is 1.23. The highest BCUT2D eigenvalue weighted by molar-refractivity contribution is 7.22. The van der Waals surface area contributed by atoms with Gasteiger partial charge in [0, 0.05) is 5.56 Å². The number of amides is 1. The first-order chi connectivity index (χ1) is 14.3. The Balaban J connectivity index is 1.54. The zero-order chi connectivity index (χ0) is 19.6. The van der Waals surface area contributed by atoms with E-state index in [4.69, 9.17) is 13.9 Å². The first-order valence-electron chi connectivity index (χ1n) is 8.95. The fourth-order valence-electron chi connectivity index (χ4n) is 2.92. The minimum Gasteiger partial charge on any atom is -0.486 e. The van der Waals surface area contributed by atoms with Crippen LogP contribution in [-0.4, -0.2) is 30.3 Å². The Morgan fingerprint density at radius 1 is 1.07 bits per heavy atom. The minimum absolute atomic E-state index is 0.330. The number of furan rings is 1. The summed E-state index contributed by atoms with van der Waals surface area (Å²) in [6.07, 6.45) is 3.04. The molecule has 0 saturated carbocycles. The summed E-state index contributed by atoms with van der Waals surface area (Å²) in [5, 5.41) is 6.10. The van der Waals surface area contributed by atoms with E-state index in [0.29, 0.717) is 41.2 Å². The second kappa shape index (κ2) is 7.40. The number of para-hydroxylation sites is 1. The first-order valence-corrected chi connectivity index (χ1v) is 9.77. The van der Waals surface area contributed by atoms with Crippen molar-refractivity contribution < 1.29 is 18.7 Å². The molecule has 4 aromatic rings. The van der Waals surface area contributed by atoms with Crippen LogP contribution in [-0.2, 0) is 0 Å². The molecule has 0 bridgehead atoms. The van der Waals surface area contributed by atoms with E-state index in [1.54, 1.807) is 36.6 Å². The van der Waals surface area contributed by atoms with Gasteiger partial charge in [0.25, 0.3) is 5.91 Å². The van der Waals surface area contributed by atoms with Gasteiger partial charge in [-0.25, -0.2) is 4.98 Å². The maximum atomic E-state index is 13.3. The quantitative estimate of drug-likeness (QED) is 0.373. The van der Waals surface area contributed by atoms with Gasteiger partial charge >= 0.3 is 0 Å². The molecule has 0 spiro atoms. The average Bonchev–Trinajstić information content (AvgIpc) is 3.43. The average molecular weight is 405 g/mol. The molecule has 1 aliphatic rings. The van der Waals surface area contributed by atoms with Crippen molar-refractivity contribution in [2.45, 2.75) is 0 Å². The molecule has 0 aliphatic carbocycles. The van der Waals surface area contributed by atoms with Gasteiger partial charge in [-0.1, -0.05) is 23.5 Å². The number of hydrogen-bond donors (Lipinski definition) is 0. The molecule has 1 aliphatic heterocycles. The fraction of sp³-hybridized carbons (Fsp3) is 0.0952. The monoisotopic (exact) mass is 405 g/mol. The number of carbonyl (C=O) groups is 1. The van der Waals surface area contributed by atoms with Crippen molar-refractivity contribution in [1.82, 2.24) is 4.98 Å². The van der Waals surface area contributed by atoms with Gasteiger partial charge in [-0.05, 0) is 42.5 Å². The van der Waals surface area contributed by atoms with E-state index in [1.165, 1.54) is 22.6 Å². The predicted molar refractivity (Wildman–Crippen MR) is 110 cm³/mol. The number of ether oxygens (including phenoxy) is 2. The Morgan fingerprint density at radius 2 is 1.93 bits per heavy atom. The van der Waals surface area contributed by atoms with Crippen molar-refractivity contribution >= 4 is 38.8 Å². The highest BCUT2D eigenvalue weighted by Gasteiger charge is 2.23. The molecule has 7 nitrogen and oxygen atoms in total. The lowest BCUT2D eigenvalue weighted by molar-refractivity contribution is 0.0986. The van der Waals surface area contributed by atoms with Crippen LogP contribution in [0.2, 0.25) is 0 Å². The van der Waals surface area contributed by atoms with E-state index < -0.39 is 0 Å². The highest BCUT2D eigenvalue weighted by atomic mass is 32.1. The number of hydrazone groups is 1. The Kier molecular flexibility index (Phi) is 4.45. The number of thiazole rings is 1. The Hall–Kier alpha value is -3.65. The third-order valence-corrected chi connectivity index (χ3v) is 5.30. The van der Waals surface area contributed by atoms with Gasteiger partial charge in [-0.3, -0.25) is 4.79 Å². The van der Waals surface area contributed by atoms with Gasteiger partial charge in [0.15, 0.2) is 11.5 Å². The van der Waals surface area contributed by atoms with Crippen molar-refractivity contribution in [3.63, 3.8) is 0 Å². The molecule has 5 rings (SSSR count). The summed E-state index contributed by atoms with van der Waals surface area (Å²) in [7, 11) is 0. The number of anilines is 1. The second-order valence-corrected chi connectivity index (χ2v) is 7.21. The van der Waals surface area contributed by atoms with Gasteiger partial charge in [0.05, 0.1) is 22.7 Å². The third-order valence-electron chi connectivity index (χ3n) is 4.29. The smallest absolute Gasteiger partial charge is 0.280 e. The molecule has 1 amide bonds. The van der Waals surface area contributed by atoms with E-state index in [0.717, 1.165) is 10.2 Å². The number of carbonyl (C=O) groups excluding carboxylic acids is 1. The standard InChI is InChI=1S/C21H15N3O4S/c25-20(14-7-8-17-18(12-14)28-11-10-27-17)24(22-13-15-4-3-9-26-15)21-23-16-5-1-2-6-19(16)29-21/h1-9,12-13H,10-11H2/b22-13-. The zero-order valence-corrected chi connectivity index (χ0v) is 16.0. The summed E-state index contributed by atoms with van der Waals surface area (Å²) in [4.78, 5) is 17.9. The lowest BCUT2D eigenvalue weighted by Gasteiger charge is -2.19. The third kappa shape index (κ3) is 3.45. The maximum Gasteiger partial charge on any atom is 0.280 e. The number of nitrogens with zero attached hydrogens (tertiary/aromatic N) is 3. The normalized spacial score (nSPS) is 13.1. The summed E-state index contributed by atoms with van der Waals surface area (Å²) in [6, 6.07) is 16.3. The van der Waals surface area contributed by atoms with Crippen molar-refractivity contribution in [2.75, 3.05) is 18.2 Å². The van der Waals surface area contributed by atoms with E-state index in [1.807, 2.05) is 24.3 Å². The van der Waals surface area contributed by atoms with Gasteiger partial charge < -0.3 is 13.9 Å². The summed E-state index contributed by atoms with van der Waals surface area (Å²) >= 11 is 1.39. The van der Waals surface area contributed by atoms with Crippen LogP contribution in [0.3, 0.4) is 0 Å². The molecule has 0 radical (unpaired) electrons. The molecule has 29 heavy (non-hydrogen) atoms. The number of hydrogen-bond acceptors (Lipinski definition) is 7. The maximum absolute atomic E-state index is 13.3. The lowest BCUT2D eigenvalue weighted by atomic mass is 10.2. The largest absolute Gasteiger partial charge is 0.486 e. The number of benzene rings is 2. The van der Waals surface area contributed by atoms with Crippen LogP contribution in [0.4, 0.5) is 5.13 Å². The van der Waals surface area contributed by atoms with Gasteiger partial charge in [0.2, 0.25) is 5.13 Å². The van der Waals surface area contributed by atoms with Crippen molar-refractivity contribution in [3.8, 4) is 11.5 Å².